The predicted molar refractivity (Wildman–Crippen MR) is 109 cm³/mol. The van der Waals surface area contributed by atoms with Gasteiger partial charge < -0.3 is 15.2 Å². The number of hydrogen-bond acceptors (Lipinski definition) is 4. The SMILES string of the molecule is COC(=O)C=C(C)c1ccc(CC(C)(C)NCC(O)c2ccccc2)cc1. The Morgan fingerprint density at radius 1 is 1.15 bits per heavy atom. The molecule has 0 heterocycles. The van der Waals surface area contributed by atoms with Gasteiger partial charge in [0.15, 0.2) is 0 Å². The van der Waals surface area contributed by atoms with Crippen LogP contribution in [0.15, 0.2) is 60.7 Å². The molecule has 27 heavy (non-hydrogen) atoms. The highest BCUT2D eigenvalue weighted by Gasteiger charge is 2.19. The van der Waals surface area contributed by atoms with E-state index >= 15 is 0 Å². The third-order valence-corrected chi connectivity index (χ3v) is 4.55. The first kappa shape index (κ1) is 20.9. The summed E-state index contributed by atoms with van der Waals surface area (Å²) in [5.74, 6) is -0.348. The molecule has 2 N–H and O–H groups in total. The van der Waals surface area contributed by atoms with Crippen LogP contribution in [0, 0.1) is 0 Å². The molecule has 0 radical (unpaired) electrons. The van der Waals surface area contributed by atoms with Crippen molar-refractivity contribution in [2.45, 2.75) is 38.8 Å². The van der Waals surface area contributed by atoms with Crippen LogP contribution in [0.25, 0.3) is 5.57 Å². The van der Waals surface area contributed by atoms with E-state index < -0.39 is 6.10 Å². The van der Waals surface area contributed by atoms with E-state index in [1.807, 2.05) is 49.4 Å². The lowest BCUT2D eigenvalue weighted by Gasteiger charge is -2.28. The standard InChI is InChI=1S/C23H29NO3/c1-17(14-22(26)27-4)19-12-10-18(11-13-19)15-23(2,3)24-16-21(25)20-8-6-5-7-9-20/h5-14,21,24-25H,15-16H2,1-4H3. The van der Waals surface area contributed by atoms with Crippen molar-refractivity contribution in [2.75, 3.05) is 13.7 Å². The van der Waals surface area contributed by atoms with Crippen LogP contribution in [0.3, 0.4) is 0 Å². The summed E-state index contributed by atoms with van der Waals surface area (Å²) < 4.78 is 4.67. The molecule has 0 fully saturated rings. The summed E-state index contributed by atoms with van der Waals surface area (Å²) in [5, 5.41) is 13.8. The van der Waals surface area contributed by atoms with Gasteiger partial charge >= 0.3 is 5.97 Å². The average molecular weight is 367 g/mol. The highest BCUT2D eigenvalue weighted by Crippen LogP contribution is 2.19. The summed E-state index contributed by atoms with van der Waals surface area (Å²) in [6.45, 7) is 6.64. The maximum atomic E-state index is 11.4. The van der Waals surface area contributed by atoms with Crippen molar-refractivity contribution in [3.63, 3.8) is 0 Å². The molecule has 2 rings (SSSR count). The van der Waals surface area contributed by atoms with Crippen molar-refractivity contribution in [3.05, 3.63) is 77.4 Å². The zero-order valence-corrected chi connectivity index (χ0v) is 16.5. The maximum Gasteiger partial charge on any atom is 0.330 e. The van der Waals surface area contributed by atoms with Crippen LogP contribution in [0.4, 0.5) is 0 Å². The third-order valence-electron chi connectivity index (χ3n) is 4.55. The van der Waals surface area contributed by atoms with Crippen molar-refractivity contribution in [1.82, 2.24) is 5.32 Å². The topological polar surface area (TPSA) is 58.6 Å². The van der Waals surface area contributed by atoms with Gasteiger partial charge in [-0.15, -0.1) is 0 Å². The monoisotopic (exact) mass is 367 g/mol. The summed E-state index contributed by atoms with van der Waals surface area (Å²) in [6.07, 6.45) is 1.79. The van der Waals surface area contributed by atoms with Gasteiger partial charge in [0.1, 0.15) is 0 Å². The number of allylic oxidation sites excluding steroid dienone is 1. The fraction of sp³-hybridized carbons (Fsp3) is 0.348. The van der Waals surface area contributed by atoms with E-state index in [0.29, 0.717) is 6.54 Å². The minimum Gasteiger partial charge on any atom is -0.466 e. The molecule has 0 saturated carbocycles. The molecule has 0 aliphatic carbocycles. The van der Waals surface area contributed by atoms with E-state index in [1.165, 1.54) is 18.7 Å². The van der Waals surface area contributed by atoms with Crippen LogP contribution in [0.5, 0.6) is 0 Å². The first-order valence-electron chi connectivity index (χ1n) is 9.14. The second-order valence-corrected chi connectivity index (χ2v) is 7.42. The normalized spacial score (nSPS) is 13.3. The number of ether oxygens (including phenoxy) is 1. The molecule has 0 amide bonds. The summed E-state index contributed by atoms with van der Waals surface area (Å²) in [6, 6.07) is 17.8. The Morgan fingerprint density at radius 2 is 1.78 bits per heavy atom. The van der Waals surface area contributed by atoms with Gasteiger partial charge in [-0.25, -0.2) is 4.79 Å². The molecule has 0 aromatic heterocycles. The predicted octanol–water partition coefficient (Wildman–Crippen LogP) is 3.91. The maximum absolute atomic E-state index is 11.4. The first-order chi connectivity index (χ1) is 12.8. The second-order valence-electron chi connectivity index (χ2n) is 7.42. The van der Waals surface area contributed by atoms with Gasteiger partial charge in [-0.1, -0.05) is 54.6 Å². The molecule has 4 heteroatoms. The average Bonchev–Trinajstić information content (AvgIpc) is 2.67. The molecule has 0 bridgehead atoms. The van der Waals surface area contributed by atoms with Gasteiger partial charge in [-0.3, -0.25) is 0 Å². The molecule has 2 aromatic carbocycles. The van der Waals surface area contributed by atoms with Crippen LogP contribution in [-0.4, -0.2) is 30.3 Å². The number of β-amino-alcohol motifs (C(OH)–C–C–N with tert-alkyl or cyclic N) is 1. The van der Waals surface area contributed by atoms with Crippen molar-refractivity contribution in [2.24, 2.45) is 0 Å². The molecule has 0 spiro atoms. The third kappa shape index (κ3) is 6.66. The minimum absolute atomic E-state index is 0.159. The number of aliphatic hydroxyl groups excluding tert-OH is 1. The highest BCUT2D eigenvalue weighted by molar-refractivity contribution is 5.90. The van der Waals surface area contributed by atoms with E-state index in [4.69, 9.17) is 0 Å². The Kier molecular flexibility index (Phi) is 7.34. The molecule has 0 aliphatic rings. The number of benzene rings is 2. The Labute approximate surface area is 161 Å². The lowest BCUT2D eigenvalue weighted by Crippen LogP contribution is -2.43. The number of esters is 1. The highest BCUT2D eigenvalue weighted by atomic mass is 16.5. The molecule has 2 aromatic rings. The number of aliphatic hydroxyl groups is 1. The van der Waals surface area contributed by atoms with Crippen molar-refractivity contribution in [1.29, 1.82) is 0 Å². The van der Waals surface area contributed by atoms with Gasteiger partial charge in [0.2, 0.25) is 0 Å². The number of rotatable bonds is 8. The zero-order valence-electron chi connectivity index (χ0n) is 16.5. The molecule has 1 unspecified atom stereocenters. The van der Waals surface area contributed by atoms with E-state index in [0.717, 1.165) is 23.1 Å². The number of nitrogens with one attached hydrogen (secondary N) is 1. The van der Waals surface area contributed by atoms with Crippen LogP contribution >= 0.6 is 0 Å². The number of methoxy groups -OCH3 is 1. The Hall–Kier alpha value is -2.43. The van der Waals surface area contributed by atoms with Crippen molar-refractivity contribution in [3.8, 4) is 0 Å². The first-order valence-corrected chi connectivity index (χ1v) is 9.14. The van der Waals surface area contributed by atoms with Gasteiger partial charge in [-0.2, -0.15) is 0 Å². The quantitative estimate of drug-likeness (QED) is 0.549. The van der Waals surface area contributed by atoms with Crippen LogP contribution in [-0.2, 0) is 16.0 Å². The Morgan fingerprint density at radius 3 is 2.37 bits per heavy atom. The molecular formula is C23H29NO3. The van der Waals surface area contributed by atoms with E-state index in [9.17, 15) is 9.90 Å². The molecule has 4 nitrogen and oxygen atoms in total. The van der Waals surface area contributed by atoms with Gasteiger partial charge in [-0.05, 0) is 49.5 Å². The summed E-state index contributed by atoms with van der Waals surface area (Å²) in [4.78, 5) is 11.4. The summed E-state index contributed by atoms with van der Waals surface area (Å²) in [5.41, 5.74) is 3.81. The second kappa shape index (κ2) is 9.49. The van der Waals surface area contributed by atoms with Crippen LogP contribution in [0.1, 0.15) is 43.6 Å². The van der Waals surface area contributed by atoms with Gasteiger partial charge in [0.25, 0.3) is 0 Å². The van der Waals surface area contributed by atoms with E-state index in [1.54, 1.807) is 0 Å². The van der Waals surface area contributed by atoms with E-state index in [-0.39, 0.29) is 11.5 Å². The Balaban J connectivity index is 1.94. The molecular weight excluding hydrogens is 338 g/mol. The van der Waals surface area contributed by atoms with Crippen LogP contribution < -0.4 is 5.32 Å². The lowest BCUT2D eigenvalue weighted by molar-refractivity contribution is -0.134. The van der Waals surface area contributed by atoms with Crippen LogP contribution in [0.2, 0.25) is 0 Å². The number of carbonyl (C=O) groups excluding carboxylic acids is 1. The summed E-state index contributed by atoms with van der Waals surface area (Å²) in [7, 11) is 1.37. The molecule has 0 aliphatic heterocycles. The number of hydrogen-bond donors (Lipinski definition) is 2. The number of carbonyl (C=O) groups is 1. The van der Waals surface area contributed by atoms with Gasteiger partial charge in [0, 0.05) is 18.2 Å². The largest absolute Gasteiger partial charge is 0.466 e. The smallest absolute Gasteiger partial charge is 0.330 e. The molecule has 144 valence electrons. The Bertz CT molecular complexity index is 764. The summed E-state index contributed by atoms with van der Waals surface area (Å²) >= 11 is 0. The van der Waals surface area contributed by atoms with E-state index in [2.05, 4.69) is 36.0 Å². The molecule has 0 saturated heterocycles. The fourth-order valence-corrected chi connectivity index (χ4v) is 2.94. The zero-order chi connectivity index (χ0) is 19.9. The van der Waals surface area contributed by atoms with Gasteiger partial charge in [0.05, 0.1) is 13.2 Å². The molecule has 1 atom stereocenters. The van der Waals surface area contributed by atoms with Crippen molar-refractivity contribution < 1.29 is 14.6 Å². The van der Waals surface area contributed by atoms with Crippen molar-refractivity contribution >= 4 is 11.5 Å². The minimum atomic E-state index is -0.529. The fourth-order valence-electron chi connectivity index (χ4n) is 2.94. The lowest BCUT2D eigenvalue weighted by atomic mass is 9.93.